The van der Waals surface area contributed by atoms with Gasteiger partial charge in [-0.3, -0.25) is 0 Å². The van der Waals surface area contributed by atoms with Crippen LogP contribution in [0, 0.1) is 23.7 Å². The van der Waals surface area contributed by atoms with E-state index in [1.54, 1.807) is 34.0 Å². The molecule has 15 heteroatoms. The lowest BCUT2D eigenvalue weighted by molar-refractivity contribution is 0.307. The Morgan fingerprint density at radius 2 is 1.22 bits per heavy atom. The van der Waals surface area contributed by atoms with Crippen molar-refractivity contribution < 1.29 is 33.7 Å². The molecule has 2 aliphatic rings. The van der Waals surface area contributed by atoms with Gasteiger partial charge in [0, 0.05) is 19.3 Å². The lowest BCUT2D eigenvalue weighted by Gasteiger charge is -2.30. The van der Waals surface area contributed by atoms with Crippen LogP contribution >= 0.6 is 11.3 Å². The second kappa shape index (κ2) is 19.0. The van der Waals surface area contributed by atoms with Gasteiger partial charge in [-0.15, -0.1) is 11.3 Å². The second-order valence-corrected chi connectivity index (χ2v) is 22.8. The third-order valence-corrected chi connectivity index (χ3v) is 16.6. The van der Waals surface area contributed by atoms with Crippen molar-refractivity contribution >= 4 is 50.9 Å². The molecule has 1 aliphatic heterocycles. The number of sulfonamides is 1. The number of pyridine rings is 1. The van der Waals surface area contributed by atoms with E-state index in [0.29, 0.717) is 15.7 Å². The summed E-state index contributed by atoms with van der Waals surface area (Å²) >= 11 is 1.28. The Morgan fingerprint density at radius 3 is 1.59 bits per heavy atom. The fraction of sp³-hybridized carbons (Fsp3) is 0.710. The van der Waals surface area contributed by atoms with Crippen LogP contribution in [0.5, 0.6) is 0 Å². The van der Waals surface area contributed by atoms with Gasteiger partial charge in [0.25, 0.3) is 0 Å². The molecule has 1 saturated heterocycles. The molecule has 4 rings (SSSR count). The van der Waals surface area contributed by atoms with E-state index in [9.17, 15) is 33.7 Å². The minimum atomic E-state index is -3.17. The van der Waals surface area contributed by atoms with Gasteiger partial charge in [0.1, 0.15) is 4.21 Å². The van der Waals surface area contributed by atoms with Crippen LogP contribution in [0.4, 0.5) is 0 Å². The summed E-state index contributed by atoms with van der Waals surface area (Å²) in [6, 6.07) is 8.33. The van der Waals surface area contributed by atoms with Gasteiger partial charge in [-0.05, 0) is 66.5 Å². The van der Waals surface area contributed by atoms with Crippen molar-refractivity contribution in [1.82, 2.24) is 9.29 Å². The van der Waals surface area contributed by atoms with Crippen molar-refractivity contribution in [3.8, 4) is 0 Å². The molecule has 0 radical (unpaired) electrons. The molecule has 0 spiro atoms. The predicted molar refractivity (Wildman–Crippen MR) is 189 cm³/mol. The summed E-state index contributed by atoms with van der Waals surface area (Å²) in [5.74, 6) is 1.91. The summed E-state index contributed by atoms with van der Waals surface area (Å²) in [4.78, 5) is 3.82. The monoisotopic (exact) mass is 742 g/mol. The molecule has 0 bridgehead atoms. The molecule has 46 heavy (non-hydrogen) atoms. The third-order valence-electron chi connectivity index (χ3n) is 6.21. The first-order chi connectivity index (χ1) is 21.1. The number of nitrogens with zero attached hydrogens (tertiary/aromatic N) is 2. The van der Waals surface area contributed by atoms with Crippen LogP contribution in [0.3, 0.4) is 0 Å². The lowest BCUT2D eigenvalue weighted by Crippen LogP contribution is -2.43. The summed E-state index contributed by atoms with van der Waals surface area (Å²) in [7, 11) is -11.7. The Hall–Kier alpha value is -1.39. The van der Waals surface area contributed by atoms with Crippen LogP contribution in [0.15, 0.2) is 51.1 Å². The molecule has 266 valence electrons. The molecule has 0 amide bonds. The smallest absolute Gasteiger partial charge is 0.214 e. The number of aromatic nitrogens is 1. The predicted octanol–water partition coefficient (Wildman–Crippen LogP) is 5.59. The zero-order valence-corrected chi connectivity index (χ0v) is 32.6. The first-order valence-corrected chi connectivity index (χ1v) is 23.2. The number of thiophene rings is 1. The van der Waals surface area contributed by atoms with Crippen molar-refractivity contribution in [3.05, 3.63) is 41.9 Å². The average molecular weight is 743 g/mol. The maximum Gasteiger partial charge on any atom is 0.214 e. The van der Waals surface area contributed by atoms with Gasteiger partial charge in [0.2, 0.25) is 10.0 Å². The maximum atomic E-state index is 11.6. The Labute approximate surface area is 283 Å². The molecule has 0 unspecified atom stereocenters. The maximum absolute atomic E-state index is 11.6. The zero-order chi connectivity index (χ0) is 35.3. The fourth-order valence-electron chi connectivity index (χ4n) is 4.14. The van der Waals surface area contributed by atoms with Gasteiger partial charge in [-0.25, -0.2) is 43.0 Å². The Kier molecular flexibility index (Phi) is 17.6. The Balaban J connectivity index is 0.000000308. The van der Waals surface area contributed by atoms with E-state index >= 15 is 0 Å². The van der Waals surface area contributed by atoms with Gasteiger partial charge in [-0.2, -0.15) is 0 Å². The minimum absolute atomic E-state index is 0.0231. The number of sulfone groups is 3. The molecule has 2 fully saturated rings. The topological polar surface area (TPSA) is 153 Å². The van der Waals surface area contributed by atoms with Gasteiger partial charge < -0.3 is 0 Å². The highest BCUT2D eigenvalue weighted by atomic mass is 32.2. The minimum Gasteiger partial charge on any atom is -0.245 e. The number of hydrogen-bond donors (Lipinski definition) is 0. The highest BCUT2D eigenvalue weighted by Crippen LogP contribution is 2.29. The first kappa shape index (κ1) is 42.6. The van der Waals surface area contributed by atoms with Crippen LogP contribution in [0.25, 0.3) is 0 Å². The van der Waals surface area contributed by atoms with Crippen LogP contribution in [0.1, 0.15) is 74.7 Å². The largest absolute Gasteiger partial charge is 0.245 e. The van der Waals surface area contributed by atoms with E-state index in [2.05, 4.69) is 4.98 Å². The summed E-state index contributed by atoms with van der Waals surface area (Å²) in [5.41, 5.74) is 0. The van der Waals surface area contributed by atoms with E-state index in [1.807, 2.05) is 55.4 Å². The van der Waals surface area contributed by atoms with E-state index in [4.69, 9.17) is 0 Å². The van der Waals surface area contributed by atoms with Crippen molar-refractivity contribution in [1.29, 1.82) is 0 Å². The molecule has 1 saturated carbocycles. The molecule has 0 atom stereocenters. The van der Waals surface area contributed by atoms with Crippen LogP contribution in [-0.4, -0.2) is 84.3 Å². The molecule has 3 heterocycles. The SMILES string of the molecule is CC(C)CS(=O)(=O)C1CC1.CC(C)CS(=O)(=O)N1CCC1.CC(C)CS(=O)(=O)c1ccccn1.CC(C)CS(=O)(=O)c1cccs1. The first-order valence-electron chi connectivity index (χ1n) is 15.7. The molecule has 1 aliphatic carbocycles. The van der Waals surface area contributed by atoms with Gasteiger partial charge in [-0.1, -0.05) is 67.5 Å². The zero-order valence-electron chi connectivity index (χ0n) is 28.5. The van der Waals surface area contributed by atoms with Crippen molar-refractivity contribution in [2.24, 2.45) is 23.7 Å². The summed E-state index contributed by atoms with van der Waals surface area (Å²) in [6.45, 7) is 16.8. The lowest BCUT2D eigenvalue weighted by atomic mass is 10.3. The number of rotatable bonds is 12. The van der Waals surface area contributed by atoms with Crippen LogP contribution < -0.4 is 0 Å². The average Bonchev–Trinajstić information content (AvgIpc) is 3.56. The molecule has 2 aromatic heterocycles. The molecule has 0 N–H and O–H groups in total. The van der Waals surface area contributed by atoms with Crippen molar-refractivity contribution in [2.45, 2.75) is 89.1 Å². The van der Waals surface area contributed by atoms with E-state index in [0.717, 1.165) is 32.4 Å². The summed E-state index contributed by atoms with van der Waals surface area (Å²) in [5, 5.41) is 1.98. The Morgan fingerprint density at radius 1 is 0.696 bits per heavy atom. The third kappa shape index (κ3) is 16.6. The highest BCUT2D eigenvalue weighted by molar-refractivity contribution is 7.93. The van der Waals surface area contributed by atoms with Crippen molar-refractivity contribution in [3.63, 3.8) is 0 Å². The normalized spacial score (nSPS) is 15.7. The quantitative estimate of drug-likeness (QED) is 0.271. The standard InChI is InChI=1S/C9H13NO2S.C8H12O2S2.C7H15NO2S.C7H14O2S/c1-8(2)7-13(11,12)9-5-3-4-6-10-9;1-7(2)6-12(9,10)8-4-3-5-11-8;1-7(2)6-11(9,10)8-4-3-5-8;1-6(2)5-10(8,9)7-3-4-7/h3-6,8H,7H2,1-2H3;3-5,7H,6H2,1-2H3;7H,3-6H2,1-2H3;6-7H,3-5H2,1-2H3. The van der Waals surface area contributed by atoms with Gasteiger partial charge in [0.05, 0.1) is 28.3 Å². The summed E-state index contributed by atoms with van der Waals surface area (Å²) in [6.07, 6.45) is 4.31. The van der Waals surface area contributed by atoms with Crippen LogP contribution in [-0.2, 0) is 39.5 Å². The number of hydrogen-bond acceptors (Lipinski definition) is 10. The van der Waals surface area contributed by atoms with Gasteiger partial charge >= 0.3 is 0 Å². The highest BCUT2D eigenvalue weighted by Gasteiger charge is 2.35. The van der Waals surface area contributed by atoms with Crippen LogP contribution in [0.2, 0.25) is 0 Å². The van der Waals surface area contributed by atoms with E-state index < -0.39 is 39.5 Å². The van der Waals surface area contributed by atoms with Crippen molar-refractivity contribution in [2.75, 3.05) is 36.1 Å². The molecular formula is C31H54N2O8S5. The fourth-order valence-corrected chi connectivity index (χ4v) is 12.3. The Bertz CT molecular complexity index is 1580. The van der Waals surface area contributed by atoms with Gasteiger partial charge in [0.15, 0.2) is 34.5 Å². The molecule has 0 aromatic carbocycles. The van der Waals surface area contributed by atoms with E-state index in [1.165, 1.54) is 23.6 Å². The molecular weight excluding hydrogens is 689 g/mol. The van der Waals surface area contributed by atoms with E-state index in [-0.39, 0.29) is 45.5 Å². The molecule has 2 aromatic rings. The summed E-state index contributed by atoms with van der Waals surface area (Å²) < 4.78 is 93.3. The second-order valence-electron chi connectivity index (χ2n) is 13.3. The molecule has 10 nitrogen and oxygen atoms in total.